The molecule has 3 amide bonds. The zero-order valence-corrected chi connectivity index (χ0v) is 35.8. The monoisotopic (exact) mass is 866 g/mol. The number of likely N-dealkylation sites (tertiary alicyclic amines) is 1. The van der Waals surface area contributed by atoms with E-state index >= 15 is 0 Å². The maximum absolute atomic E-state index is 14.3. The van der Waals surface area contributed by atoms with Crippen molar-refractivity contribution in [2.24, 2.45) is 0 Å². The smallest absolute Gasteiger partial charge is 0.432 e. The first-order chi connectivity index (χ1) is 28.7. The van der Waals surface area contributed by atoms with Crippen molar-refractivity contribution in [2.75, 3.05) is 26.7 Å². The molecule has 322 valence electrons. The van der Waals surface area contributed by atoms with Crippen LogP contribution in [0.1, 0.15) is 92.9 Å². The molecule has 3 fully saturated rings. The van der Waals surface area contributed by atoms with Gasteiger partial charge in [-0.3, -0.25) is 28.0 Å². The van der Waals surface area contributed by atoms with Crippen LogP contribution in [-0.4, -0.2) is 103 Å². The number of fused-ring (bicyclic) bond motifs is 2. The highest BCUT2D eigenvalue weighted by molar-refractivity contribution is 7.53. The van der Waals surface area contributed by atoms with Gasteiger partial charge in [-0.2, -0.15) is 0 Å². The highest BCUT2D eigenvalue weighted by Gasteiger charge is 2.48. The van der Waals surface area contributed by atoms with Crippen LogP contribution in [0.15, 0.2) is 54.6 Å². The van der Waals surface area contributed by atoms with Crippen molar-refractivity contribution >= 4 is 59.1 Å². The summed E-state index contributed by atoms with van der Waals surface area (Å²) in [5.74, 6) is -0.960. The maximum atomic E-state index is 14.3. The van der Waals surface area contributed by atoms with E-state index < -0.39 is 63.7 Å². The Morgan fingerprint density at radius 2 is 1.55 bits per heavy atom. The summed E-state index contributed by atoms with van der Waals surface area (Å²) in [5, 5.41) is 3.62. The number of amides is 3. The number of nitrogens with one attached hydrogen (secondary N) is 1. The van der Waals surface area contributed by atoms with Gasteiger partial charge in [-0.1, -0.05) is 49.2 Å². The summed E-state index contributed by atoms with van der Waals surface area (Å²) in [6, 6.07) is 14.6. The molecule has 1 aromatic heterocycles. The Balaban J connectivity index is 1.12. The molecule has 1 N–H and O–H groups in total. The molecule has 60 heavy (non-hydrogen) atoms. The van der Waals surface area contributed by atoms with Gasteiger partial charge in [0.05, 0.1) is 35.7 Å². The summed E-state index contributed by atoms with van der Waals surface area (Å²) >= 11 is 1.22. The van der Waals surface area contributed by atoms with Crippen LogP contribution in [0.3, 0.4) is 0 Å². The van der Waals surface area contributed by atoms with Crippen LogP contribution >= 0.6 is 18.9 Å². The normalized spacial score (nSPS) is 21.9. The molecule has 0 saturated carbocycles. The number of thiophene rings is 1. The molecule has 18 heteroatoms. The third-order valence-corrected chi connectivity index (χ3v) is 13.5. The van der Waals surface area contributed by atoms with Crippen LogP contribution in [-0.2, 0) is 48.3 Å². The van der Waals surface area contributed by atoms with Crippen molar-refractivity contribution in [1.29, 1.82) is 0 Å². The van der Waals surface area contributed by atoms with E-state index in [4.69, 9.17) is 34.6 Å². The van der Waals surface area contributed by atoms with Gasteiger partial charge in [0.15, 0.2) is 0 Å². The lowest BCUT2D eigenvalue weighted by Crippen LogP contribution is -2.56. The summed E-state index contributed by atoms with van der Waals surface area (Å²) in [7, 11) is -4.13. The van der Waals surface area contributed by atoms with E-state index in [-0.39, 0.29) is 36.0 Å². The fraction of sp³-hybridized carbons (Fsp3) is 0.524. The summed E-state index contributed by atoms with van der Waals surface area (Å²) in [6.07, 6.45) is 0.715. The largest absolute Gasteiger partial charge is 0.510 e. The number of rotatable bonds is 14. The minimum atomic E-state index is -4.13. The fourth-order valence-corrected chi connectivity index (χ4v) is 10.2. The number of nitrogens with zero attached hydrogens (tertiary/aromatic N) is 3. The average Bonchev–Trinajstić information content (AvgIpc) is 3.94. The van der Waals surface area contributed by atoms with Crippen molar-refractivity contribution in [1.82, 2.24) is 15.1 Å². The quantitative estimate of drug-likeness (QED) is 0.0726. The zero-order valence-electron chi connectivity index (χ0n) is 34.1. The molecule has 4 heterocycles. The Bertz CT molecular complexity index is 2090. The molecule has 0 unspecified atom stereocenters. The number of ether oxygens (including phenoxy) is 4. The molecule has 3 aliphatic rings. The summed E-state index contributed by atoms with van der Waals surface area (Å²) < 4.78 is 44.9. The van der Waals surface area contributed by atoms with Gasteiger partial charge < -0.3 is 38.9 Å². The minimum Gasteiger partial charge on any atom is -0.432 e. The fourth-order valence-electron chi connectivity index (χ4n) is 7.89. The van der Waals surface area contributed by atoms with Gasteiger partial charge in [0.25, 0.3) is 5.91 Å². The second-order valence-electron chi connectivity index (χ2n) is 15.6. The molecule has 2 aromatic carbocycles. The SMILES string of the molecule is [C-]#[N+][C@@H]1CN(C(=O)[C@@H]2CC[C@@H]3CCCC[C@H](NC(=O)c4cc5cc(CP(=O)(OCOC(=O)OC(C)C)OCOC(=O)OC(C)C)ccc5s4)C(=O)N32)C[C@H]1c1ccccc1. The average molecular weight is 867 g/mol. The third kappa shape index (κ3) is 11.2. The van der Waals surface area contributed by atoms with Crippen LogP contribution in [0.25, 0.3) is 14.9 Å². The van der Waals surface area contributed by atoms with Crippen LogP contribution in [0, 0.1) is 6.57 Å². The van der Waals surface area contributed by atoms with E-state index in [0.29, 0.717) is 48.2 Å². The Hall–Kier alpha value is -5.01. The van der Waals surface area contributed by atoms with E-state index in [1.165, 1.54) is 11.3 Å². The second-order valence-corrected chi connectivity index (χ2v) is 18.8. The van der Waals surface area contributed by atoms with E-state index in [0.717, 1.165) is 29.5 Å². The Kier molecular flexibility index (Phi) is 14.9. The molecule has 3 aliphatic heterocycles. The third-order valence-electron chi connectivity index (χ3n) is 10.6. The minimum absolute atomic E-state index is 0.105. The van der Waals surface area contributed by atoms with Gasteiger partial charge in [-0.25, -0.2) is 16.2 Å². The van der Waals surface area contributed by atoms with Gasteiger partial charge in [0.2, 0.25) is 31.4 Å². The lowest BCUT2D eigenvalue weighted by atomic mass is 9.95. The second kappa shape index (κ2) is 20.0. The highest BCUT2D eigenvalue weighted by atomic mass is 32.1. The molecule has 5 atom stereocenters. The molecular weight excluding hydrogens is 816 g/mol. The zero-order chi connectivity index (χ0) is 43.0. The first kappa shape index (κ1) is 44.5. The van der Waals surface area contributed by atoms with E-state index in [1.807, 2.05) is 30.3 Å². The highest BCUT2D eigenvalue weighted by Crippen LogP contribution is 2.52. The van der Waals surface area contributed by atoms with Gasteiger partial charge >= 0.3 is 19.9 Å². The van der Waals surface area contributed by atoms with Crippen LogP contribution in [0.5, 0.6) is 0 Å². The molecule has 0 aliphatic carbocycles. The Morgan fingerprint density at radius 3 is 2.20 bits per heavy atom. The first-order valence-electron chi connectivity index (χ1n) is 20.1. The molecular formula is C42H51N4O12PS. The number of benzene rings is 2. The standard InChI is InChI=1S/C42H51N4O12PS/c1-26(2)57-41(50)53-24-55-59(52,56-25-54-42(51)58-27(3)4)23-28-15-18-36-30(19-28)20-37(60-36)38(47)44-33-14-10-9-13-31-16-17-35(46(31)39(33)48)40(49)45-21-32(34(22-45)43-5)29-11-7-6-8-12-29/h6-8,11-12,15,18-20,26-27,31-35H,9-10,13-14,16-17,21-25H2,1-4H3,(H,44,47)/t31-,32-,33-,34+,35-/m0/s1. The van der Waals surface area contributed by atoms with Crippen LogP contribution in [0.2, 0.25) is 0 Å². The van der Waals surface area contributed by atoms with Gasteiger partial charge in [0.1, 0.15) is 12.1 Å². The van der Waals surface area contributed by atoms with E-state index in [1.54, 1.807) is 61.8 Å². The predicted octanol–water partition coefficient (Wildman–Crippen LogP) is 7.61. The Labute approximate surface area is 353 Å². The van der Waals surface area contributed by atoms with Crippen molar-refractivity contribution < 1.29 is 56.5 Å². The van der Waals surface area contributed by atoms with Crippen molar-refractivity contribution in [2.45, 2.75) is 115 Å². The maximum Gasteiger partial charge on any atom is 0.510 e. The predicted molar refractivity (Wildman–Crippen MR) is 220 cm³/mol. The lowest BCUT2D eigenvalue weighted by molar-refractivity contribution is -0.146. The van der Waals surface area contributed by atoms with Crippen LogP contribution < -0.4 is 5.32 Å². The molecule has 3 saturated heterocycles. The molecule has 0 bridgehead atoms. The lowest BCUT2D eigenvalue weighted by Gasteiger charge is -2.36. The van der Waals surface area contributed by atoms with Crippen molar-refractivity contribution in [3.05, 3.63) is 82.0 Å². The molecule has 0 radical (unpaired) electrons. The molecule has 16 nitrogen and oxygen atoms in total. The number of carbonyl (C=O) groups excluding carboxylic acids is 5. The molecule has 3 aromatic rings. The van der Waals surface area contributed by atoms with Crippen molar-refractivity contribution in [3.63, 3.8) is 0 Å². The van der Waals surface area contributed by atoms with E-state index in [2.05, 4.69) is 10.2 Å². The van der Waals surface area contributed by atoms with E-state index in [9.17, 15) is 28.5 Å². The molecule has 6 rings (SSSR count). The summed E-state index contributed by atoms with van der Waals surface area (Å²) in [4.78, 5) is 73.7. The number of hydrogen-bond donors (Lipinski definition) is 1. The first-order valence-corrected chi connectivity index (χ1v) is 22.7. The van der Waals surface area contributed by atoms with Gasteiger partial charge in [0, 0.05) is 17.3 Å². The topological polar surface area (TPSA) is 181 Å². The van der Waals surface area contributed by atoms with Crippen molar-refractivity contribution in [3.8, 4) is 0 Å². The molecule has 0 spiro atoms. The number of carbonyl (C=O) groups is 5. The Morgan fingerprint density at radius 1 is 0.883 bits per heavy atom. The summed E-state index contributed by atoms with van der Waals surface area (Å²) in [5.41, 5.74) is 1.50. The van der Waals surface area contributed by atoms with Gasteiger partial charge in [-0.05, 0) is 88.1 Å². The number of hydrogen-bond acceptors (Lipinski definition) is 13. The van der Waals surface area contributed by atoms with Gasteiger partial charge in [-0.15, -0.1) is 11.3 Å². The summed E-state index contributed by atoms with van der Waals surface area (Å²) in [6.45, 7) is 13.5. The van der Waals surface area contributed by atoms with Crippen LogP contribution in [0.4, 0.5) is 9.59 Å².